The van der Waals surface area contributed by atoms with E-state index in [4.69, 9.17) is 14.6 Å². The summed E-state index contributed by atoms with van der Waals surface area (Å²) < 4.78 is 10.7. The Hall–Kier alpha value is -2.49. The van der Waals surface area contributed by atoms with Gasteiger partial charge in [-0.2, -0.15) is 0 Å². The van der Waals surface area contributed by atoms with Crippen LogP contribution in [-0.4, -0.2) is 25.3 Å². The number of methoxy groups -OCH3 is 2. The molecule has 0 aliphatic carbocycles. The van der Waals surface area contributed by atoms with Gasteiger partial charge in [-0.25, -0.2) is 4.79 Å². The van der Waals surface area contributed by atoms with Crippen LogP contribution in [0.25, 0.3) is 11.1 Å². The maximum atomic E-state index is 11.1. The van der Waals surface area contributed by atoms with Crippen LogP contribution in [0.15, 0.2) is 36.4 Å². The number of ether oxygens (including phenoxy) is 2. The summed E-state index contributed by atoms with van der Waals surface area (Å²) in [6.45, 7) is 1.92. The van der Waals surface area contributed by atoms with Crippen LogP contribution in [0.3, 0.4) is 0 Å². The zero-order valence-corrected chi connectivity index (χ0v) is 11.6. The highest BCUT2D eigenvalue weighted by atomic mass is 16.5. The van der Waals surface area contributed by atoms with E-state index in [1.807, 2.05) is 25.1 Å². The van der Waals surface area contributed by atoms with Gasteiger partial charge in [-0.3, -0.25) is 0 Å². The molecule has 0 saturated heterocycles. The molecule has 0 bridgehead atoms. The van der Waals surface area contributed by atoms with Gasteiger partial charge >= 0.3 is 5.97 Å². The summed E-state index contributed by atoms with van der Waals surface area (Å²) in [6, 6.07) is 10.5. The zero-order chi connectivity index (χ0) is 14.7. The highest BCUT2D eigenvalue weighted by Gasteiger charge is 2.16. The lowest BCUT2D eigenvalue weighted by atomic mass is 9.96. The molecular formula is C16H16O4. The van der Waals surface area contributed by atoms with Crippen molar-refractivity contribution < 1.29 is 19.4 Å². The van der Waals surface area contributed by atoms with Crippen LogP contribution in [0.1, 0.15) is 15.9 Å². The lowest BCUT2D eigenvalue weighted by Crippen LogP contribution is -1.99. The fourth-order valence-corrected chi connectivity index (χ4v) is 2.14. The number of carboxylic acids is 1. The van der Waals surface area contributed by atoms with Crippen LogP contribution < -0.4 is 9.47 Å². The Balaban J connectivity index is 2.73. The van der Waals surface area contributed by atoms with Crippen molar-refractivity contribution in [2.45, 2.75) is 6.92 Å². The van der Waals surface area contributed by atoms with Crippen LogP contribution >= 0.6 is 0 Å². The third kappa shape index (κ3) is 2.45. The molecule has 20 heavy (non-hydrogen) atoms. The molecule has 2 aromatic carbocycles. The Bertz CT molecular complexity index is 625. The van der Waals surface area contributed by atoms with Crippen molar-refractivity contribution in [1.82, 2.24) is 0 Å². The topological polar surface area (TPSA) is 55.8 Å². The standard InChI is InChI=1S/C16H16O4/c1-10-7-8-11(16(17)18)9-12(10)15-13(19-2)5-4-6-14(15)20-3/h4-9H,1-3H3,(H,17,18). The Kier molecular flexibility index (Phi) is 3.94. The average Bonchev–Trinajstić information content (AvgIpc) is 2.46. The summed E-state index contributed by atoms with van der Waals surface area (Å²) in [4.78, 5) is 11.1. The van der Waals surface area contributed by atoms with Gasteiger partial charge in [-0.15, -0.1) is 0 Å². The third-order valence-electron chi connectivity index (χ3n) is 3.18. The minimum Gasteiger partial charge on any atom is -0.496 e. The lowest BCUT2D eigenvalue weighted by Gasteiger charge is -2.15. The molecule has 0 unspecified atom stereocenters. The van der Waals surface area contributed by atoms with Gasteiger partial charge in [0.05, 0.1) is 25.3 Å². The largest absolute Gasteiger partial charge is 0.496 e. The highest BCUT2D eigenvalue weighted by Crippen LogP contribution is 2.40. The number of hydrogen-bond acceptors (Lipinski definition) is 3. The SMILES string of the molecule is COc1cccc(OC)c1-c1cc(C(=O)O)ccc1C. The molecule has 4 nitrogen and oxygen atoms in total. The van der Waals surface area contributed by atoms with E-state index < -0.39 is 5.97 Å². The molecule has 0 aliphatic heterocycles. The van der Waals surface area contributed by atoms with E-state index in [1.165, 1.54) is 0 Å². The number of carboxylic acid groups (broad SMARTS) is 1. The number of hydrogen-bond donors (Lipinski definition) is 1. The predicted molar refractivity (Wildman–Crippen MR) is 76.7 cm³/mol. The number of aryl methyl sites for hydroxylation is 1. The molecule has 0 aliphatic rings. The second-order valence-electron chi connectivity index (χ2n) is 4.37. The summed E-state index contributed by atoms with van der Waals surface area (Å²) in [5.74, 6) is 0.338. The van der Waals surface area contributed by atoms with Gasteiger partial charge in [0.1, 0.15) is 11.5 Å². The minimum atomic E-state index is -0.958. The Morgan fingerprint density at radius 1 is 1.05 bits per heavy atom. The molecule has 0 fully saturated rings. The fraction of sp³-hybridized carbons (Fsp3) is 0.188. The van der Waals surface area contributed by atoms with Gasteiger partial charge in [0.15, 0.2) is 0 Å². The Labute approximate surface area is 117 Å². The third-order valence-corrected chi connectivity index (χ3v) is 3.18. The van der Waals surface area contributed by atoms with Crippen LogP contribution in [-0.2, 0) is 0 Å². The van der Waals surface area contributed by atoms with Gasteiger partial charge in [0.25, 0.3) is 0 Å². The molecule has 0 saturated carbocycles. The molecular weight excluding hydrogens is 256 g/mol. The van der Waals surface area contributed by atoms with Crippen LogP contribution in [0.4, 0.5) is 0 Å². The molecule has 0 radical (unpaired) electrons. The van der Waals surface area contributed by atoms with Gasteiger partial charge in [0, 0.05) is 0 Å². The summed E-state index contributed by atoms with van der Waals surface area (Å²) >= 11 is 0. The van der Waals surface area contributed by atoms with Gasteiger partial charge in [-0.1, -0.05) is 12.1 Å². The second-order valence-corrected chi connectivity index (χ2v) is 4.37. The van der Waals surface area contributed by atoms with Crippen molar-refractivity contribution in [2.75, 3.05) is 14.2 Å². The molecule has 2 rings (SSSR count). The van der Waals surface area contributed by atoms with E-state index >= 15 is 0 Å². The zero-order valence-electron chi connectivity index (χ0n) is 11.6. The summed E-state index contributed by atoms with van der Waals surface area (Å²) in [5, 5.41) is 9.14. The smallest absolute Gasteiger partial charge is 0.335 e. The van der Waals surface area contributed by atoms with E-state index in [0.717, 1.165) is 16.7 Å². The van der Waals surface area contributed by atoms with E-state index in [2.05, 4.69) is 0 Å². The summed E-state index contributed by atoms with van der Waals surface area (Å²) in [6.07, 6.45) is 0. The summed E-state index contributed by atoms with van der Waals surface area (Å²) in [7, 11) is 3.16. The normalized spacial score (nSPS) is 10.2. The number of aromatic carboxylic acids is 1. The molecule has 4 heteroatoms. The lowest BCUT2D eigenvalue weighted by molar-refractivity contribution is 0.0697. The second kappa shape index (κ2) is 5.65. The molecule has 2 aromatic rings. The van der Waals surface area contributed by atoms with Crippen molar-refractivity contribution in [3.05, 3.63) is 47.5 Å². The van der Waals surface area contributed by atoms with E-state index in [0.29, 0.717) is 11.5 Å². The van der Waals surface area contributed by atoms with E-state index in [-0.39, 0.29) is 5.56 Å². The van der Waals surface area contributed by atoms with Crippen molar-refractivity contribution in [2.24, 2.45) is 0 Å². The molecule has 0 heterocycles. The first-order valence-corrected chi connectivity index (χ1v) is 6.13. The first kappa shape index (κ1) is 13.9. The van der Waals surface area contributed by atoms with Crippen LogP contribution in [0, 0.1) is 6.92 Å². The molecule has 0 atom stereocenters. The Morgan fingerprint density at radius 2 is 1.65 bits per heavy atom. The molecule has 0 aromatic heterocycles. The molecule has 0 spiro atoms. The number of rotatable bonds is 4. The Morgan fingerprint density at radius 3 is 2.15 bits per heavy atom. The quantitative estimate of drug-likeness (QED) is 0.927. The van der Waals surface area contributed by atoms with Gasteiger partial charge in [-0.05, 0) is 42.3 Å². The molecule has 104 valence electrons. The maximum absolute atomic E-state index is 11.1. The maximum Gasteiger partial charge on any atom is 0.335 e. The average molecular weight is 272 g/mol. The first-order valence-electron chi connectivity index (χ1n) is 6.13. The molecule has 1 N–H and O–H groups in total. The van der Waals surface area contributed by atoms with Crippen molar-refractivity contribution in [3.63, 3.8) is 0 Å². The van der Waals surface area contributed by atoms with Crippen LogP contribution in [0.2, 0.25) is 0 Å². The van der Waals surface area contributed by atoms with Gasteiger partial charge < -0.3 is 14.6 Å². The van der Waals surface area contributed by atoms with Crippen molar-refractivity contribution >= 4 is 5.97 Å². The molecule has 0 amide bonds. The fourth-order valence-electron chi connectivity index (χ4n) is 2.14. The van der Waals surface area contributed by atoms with Crippen molar-refractivity contribution in [1.29, 1.82) is 0 Å². The number of benzene rings is 2. The number of carbonyl (C=O) groups is 1. The highest BCUT2D eigenvalue weighted by molar-refractivity contribution is 5.91. The first-order chi connectivity index (χ1) is 9.58. The van der Waals surface area contributed by atoms with Gasteiger partial charge in [0.2, 0.25) is 0 Å². The minimum absolute atomic E-state index is 0.235. The van der Waals surface area contributed by atoms with E-state index in [9.17, 15) is 4.79 Å². The monoisotopic (exact) mass is 272 g/mol. The van der Waals surface area contributed by atoms with Crippen LogP contribution in [0.5, 0.6) is 11.5 Å². The summed E-state index contributed by atoms with van der Waals surface area (Å²) in [5.41, 5.74) is 2.74. The van der Waals surface area contributed by atoms with Crippen molar-refractivity contribution in [3.8, 4) is 22.6 Å². The van der Waals surface area contributed by atoms with E-state index in [1.54, 1.807) is 32.4 Å². The predicted octanol–water partition coefficient (Wildman–Crippen LogP) is 3.38.